The maximum atomic E-state index is 4.59. The Morgan fingerprint density at radius 2 is 2.16 bits per heavy atom. The highest BCUT2D eigenvalue weighted by Crippen LogP contribution is 2.32. The smallest absolute Gasteiger partial charge is 0.224 e. The summed E-state index contributed by atoms with van der Waals surface area (Å²) in [6.45, 7) is 3.89. The molecule has 0 spiro atoms. The fourth-order valence-electron chi connectivity index (χ4n) is 2.51. The van der Waals surface area contributed by atoms with Crippen LogP contribution >= 0.6 is 0 Å². The van der Waals surface area contributed by atoms with Crippen LogP contribution in [0.3, 0.4) is 0 Å². The maximum Gasteiger partial charge on any atom is 0.224 e. The molecule has 0 aliphatic carbocycles. The van der Waals surface area contributed by atoms with Crippen molar-refractivity contribution in [2.75, 3.05) is 23.3 Å². The lowest BCUT2D eigenvalue weighted by atomic mass is 10.0. The highest BCUT2D eigenvalue weighted by atomic mass is 15.2. The number of nitrogens with one attached hydrogen (secondary N) is 1. The van der Waals surface area contributed by atoms with Crippen LogP contribution in [0.5, 0.6) is 0 Å². The van der Waals surface area contributed by atoms with Crippen molar-refractivity contribution in [3.63, 3.8) is 0 Å². The van der Waals surface area contributed by atoms with Crippen LogP contribution in [0.2, 0.25) is 0 Å². The van der Waals surface area contributed by atoms with Gasteiger partial charge in [0.05, 0.1) is 0 Å². The van der Waals surface area contributed by atoms with Gasteiger partial charge in [0.15, 0.2) is 0 Å². The topological polar surface area (TPSA) is 41.1 Å². The van der Waals surface area contributed by atoms with Crippen LogP contribution in [0.25, 0.3) is 0 Å². The molecule has 0 saturated carbocycles. The number of hydrogen-bond donors (Lipinski definition) is 1. The molecule has 2 aromatic rings. The standard InChI is InChI=1S/C15H18N4/c1-2-16-15-17-10-9-14(18-15)19-11-5-7-12-6-3-4-8-13(12)19/h3-4,6,8-10H,2,5,7,11H2,1H3,(H,16,17,18). The molecule has 0 radical (unpaired) electrons. The molecule has 1 N–H and O–H groups in total. The van der Waals surface area contributed by atoms with Crippen LogP contribution in [0.15, 0.2) is 36.5 Å². The van der Waals surface area contributed by atoms with Crippen LogP contribution in [0.1, 0.15) is 18.9 Å². The number of para-hydroxylation sites is 1. The molecule has 0 atom stereocenters. The molecule has 1 aromatic heterocycles. The van der Waals surface area contributed by atoms with Gasteiger partial charge in [0.1, 0.15) is 5.82 Å². The largest absolute Gasteiger partial charge is 0.354 e. The highest BCUT2D eigenvalue weighted by Gasteiger charge is 2.18. The summed E-state index contributed by atoms with van der Waals surface area (Å²) in [5, 5.41) is 3.16. The van der Waals surface area contributed by atoms with E-state index in [1.54, 1.807) is 0 Å². The minimum absolute atomic E-state index is 0.697. The predicted molar refractivity (Wildman–Crippen MR) is 78.0 cm³/mol. The van der Waals surface area contributed by atoms with Gasteiger partial charge in [-0.15, -0.1) is 0 Å². The quantitative estimate of drug-likeness (QED) is 0.914. The Balaban J connectivity index is 1.97. The Kier molecular flexibility index (Phi) is 3.31. The third-order valence-electron chi connectivity index (χ3n) is 3.36. The Labute approximate surface area is 113 Å². The third kappa shape index (κ3) is 2.38. The monoisotopic (exact) mass is 254 g/mol. The predicted octanol–water partition coefficient (Wildman–Crippen LogP) is 2.99. The minimum atomic E-state index is 0.697. The van der Waals surface area contributed by atoms with Gasteiger partial charge in [-0.05, 0) is 37.5 Å². The van der Waals surface area contributed by atoms with E-state index < -0.39 is 0 Å². The van der Waals surface area contributed by atoms with Gasteiger partial charge in [-0.1, -0.05) is 18.2 Å². The van der Waals surface area contributed by atoms with E-state index in [1.807, 2.05) is 19.2 Å². The second-order valence-corrected chi connectivity index (χ2v) is 4.65. The summed E-state index contributed by atoms with van der Waals surface area (Å²) in [5.41, 5.74) is 2.67. The molecule has 1 aromatic carbocycles. The zero-order valence-corrected chi connectivity index (χ0v) is 11.1. The molecule has 19 heavy (non-hydrogen) atoms. The van der Waals surface area contributed by atoms with E-state index in [0.717, 1.165) is 31.7 Å². The molecular formula is C15H18N4. The first-order valence-corrected chi connectivity index (χ1v) is 6.81. The summed E-state index contributed by atoms with van der Waals surface area (Å²) < 4.78 is 0. The highest BCUT2D eigenvalue weighted by molar-refractivity contribution is 5.65. The van der Waals surface area contributed by atoms with Gasteiger partial charge in [0, 0.05) is 25.0 Å². The van der Waals surface area contributed by atoms with E-state index in [0.29, 0.717) is 5.95 Å². The van der Waals surface area contributed by atoms with Crippen molar-refractivity contribution < 1.29 is 0 Å². The second kappa shape index (κ2) is 5.26. The van der Waals surface area contributed by atoms with Crippen molar-refractivity contribution >= 4 is 17.5 Å². The SMILES string of the molecule is CCNc1nccc(N2CCCc3ccccc32)n1. The number of fused-ring (bicyclic) bond motifs is 1. The Morgan fingerprint density at radius 1 is 1.26 bits per heavy atom. The zero-order valence-electron chi connectivity index (χ0n) is 11.1. The Hall–Kier alpha value is -2.10. The van der Waals surface area contributed by atoms with E-state index in [-0.39, 0.29) is 0 Å². The number of benzene rings is 1. The normalized spacial score (nSPS) is 14.1. The molecule has 0 unspecified atom stereocenters. The number of anilines is 3. The Morgan fingerprint density at radius 3 is 3.05 bits per heavy atom. The van der Waals surface area contributed by atoms with Gasteiger partial charge in [-0.2, -0.15) is 4.98 Å². The van der Waals surface area contributed by atoms with E-state index >= 15 is 0 Å². The van der Waals surface area contributed by atoms with Crippen molar-refractivity contribution in [1.82, 2.24) is 9.97 Å². The maximum absolute atomic E-state index is 4.59. The molecular weight excluding hydrogens is 236 g/mol. The molecule has 98 valence electrons. The van der Waals surface area contributed by atoms with E-state index in [1.165, 1.54) is 11.3 Å². The van der Waals surface area contributed by atoms with E-state index in [9.17, 15) is 0 Å². The molecule has 2 heterocycles. The Bertz CT molecular complexity index is 568. The second-order valence-electron chi connectivity index (χ2n) is 4.65. The van der Waals surface area contributed by atoms with Crippen LogP contribution in [-0.4, -0.2) is 23.1 Å². The van der Waals surface area contributed by atoms with E-state index in [4.69, 9.17) is 0 Å². The first kappa shape index (κ1) is 12.0. The van der Waals surface area contributed by atoms with Crippen LogP contribution < -0.4 is 10.2 Å². The molecule has 4 nitrogen and oxygen atoms in total. The third-order valence-corrected chi connectivity index (χ3v) is 3.36. The number of aryl methyl sites for hydroxylation is 1. The van der Waals surface area contributed by atoms with Gasteiger partial charge in [0.25, 0.3) is 0 Å². The first-order chi connectivity index (χ1) is 9.38. The summed E-state index contributed by atoms with van der Waals surface area (Å²) in [5.74, 6) is 1.67. The molecule has 0 amide bonds. The molecule has 0 fully saturated rings. The van der Waals surface area contributed by atoms with Crippen LogP contribution in [-0.2, 0) is 6.42 Å². The van der Waals surface area contributed by atoms with Crippen molar-refractivity contribution in [1.29, 1.82) is 0 Å². The van der Waals surface area contributed by atoms with Crippen LogP contribution in [0.4, 0.5) is 17.5 Å². The summed E-state index contributed by atoms with van der Waals surface area (Å²) in [4.78, 5) is 11.1. The van der Waals surface area contributed by atoms with Gasteiger partial charge in [-0.25, -0.2) is 4.98 Å². The average Bonchev–Trinajstić information content (AvgIpc) is 2.47. The molecule has 4 heteroatoms. The zero-order chi connectivity index (χ0) is 13.1. The van der Waals surface area contributed by atoms with Crippen LogP contribution in [0, 0.1) is 0 Å². The van der Waals surface area contributed by atoms with Crippen molar-refractivity contribution in [2.45, 2.75) is 19.8 Å². The molecule has 1 aliphatic rings. The van der Waals surface area contributed by atoms with E-state index in [2.05, 4.69) is 44.5 Å². The molecule has 0 bridgehead atoms. The summed E-state index contributed by atoms with van der Waals surface area (Å²) in [6, 6.07) is 10.5. The number of rotatable bonds is 3. The van der Waals surface area contributed by atoms with Gasteiger partial charge in [-0.3, -0.25) is 0 Å². The average molecular weight is 254 g/mol. The fraction of sp³-hybridized carbons (Fsp3) is 0.333. The first-order valence-electron chi connectivity index (χ1n) is 6.81. The molecule has 0 saturated heterocycles. The van der Waals surface area contributed by atoms with Gasteiger partial charge >= 0.3 is 0 Å². The lowest BCUT2D eigenvalue weighted by molar-refractivity contribution is 0.758. The number of nitrogens with zero attached hydrogens (tertiary/aromatic N) is 3. The van der Waals surface area contributed by atoms with Crippen molar-refractivity contribution in [2.24, 2.45) is 0 Å². The minimum Gasteiger partial charge on any atom is -0.354 e. The lowest BCUT2D eigenvalue weighted by Crippen LogP contribution is -2.25. The summed E-state index contributed by atoms with van der Waals surface area (Å²) >= 11 is 0. The fourth-order valence-corrected chi connectivity index (χ4v) is 2.51. The van der Waals surface area contributed by atoms with Crippen molar-refractivity contribution in [3.05, 3.63) is 42.1 Å². The van der Waals surface area contributed by atoms with Gasteiger partial charge < -0.3 is 10.2 Å². The van der Waals surface area contributed by atoms with Crippen molar-refractivity contribution in [3.8, 4) is 0 Å². The lowest BCUT2D eigenvalue weighted by Gasteiger charge is -2.30. The number of aromatic nitrogens is 2. The van der Waals surface area contributed by atoms with Gasteiger partial charge in [0.2, 0.25) is 5.95 Å². The number of hydrogen-bond acceptors (Lipinski definition) is 4. The summed E-state index contributed by atoms with van der Waals surface area (Å²) in [7, 11) is 0. The molecule has 1 aliphatic heterocycles. The molecule has 3 rings (SSSR count). The summed E-state index contributed by atoms with van der Waals surface area (Å²) in [6.07, 6.45) is 4.13.